The van der Waals surface area contributed by atoms with Crippen LogP contribution in [0.4, 0.5) is 4.39 Å². The van der Waals surface area contributed by atoms with Gasteiger partial charge in [-0.3, -0.25) is 4.98 Å². The number of rotatable bonds is 6. The Labute approximate surface area is 195 Å². The molecular formula is C26H23FN4OS. The van der Waals surface area contributed by atoms with Gasteiger partial charge in [0.25, 0.3) is 0 Å². The number of hydrogen-bond donors (Lipinski definition) is 0. The molecule has 0 aliphatic heterocycles. The fourth-order valence-corrected chi connectivity index (χ4v) is 4.86. The van der Waals surface area contributed by atoms with Crippen LogP contribution < -0.4 is 0 Å². The monoisotopic (exact) mass is 458 g/mol. The molecule has 5 rings (SSSR count). The molecule has 5 nitrogen and oxygen atoms in total. The van der Waals surface area contributed by atoms with E-state index in [9.17, 15) is 4.39 Å². The van der Waals surface area contributed by atoms with Gasteiger partial charge in [-0.25, -0.2) is 14.4 Å². The summed E-state index contributed by atoms with van der Waals surface area (Å²) in [7, 11) is 0. The molecule has 0 radical (unpaired) electrons. The van der Waals surface area contributed by atoms with Gasteiger partial charge in [-0.15, -0.1) is 0 Å². The molecule has 3 aromatic heterocycles. The molecule has 0 N–H and O–H groups in total. The molecule has 5 aromatic rings. The van der Waals surface area contributed by atoms with Gasteiger partial charge < -0.3 is 8.98 Å². The number of thioether (sulfide) groups is 1. The largest absolute Gasteiger partial charge is 0.441 e. The van der Waals surface area contributed by atoms with Crippen LogP contribution in [-0.2, 0) is 12.3 Å². The molecule has 0 atom stereocenters. The SMILES string of the molecule is Cc1ccc(C)c(CSc2nc3ccncc3n2Cc2nc(-c3ccccc3F)oc2C)c1. The van der Waals surface area contributed by atoms with Gasteiger partial charge in [0.05, 0.1) is 29.3 Å². The highest BCUT2D eigenvalue weighted by atomic mass is 32.2. The standard InChI is InChI=1S/C26H23FN4OS/c1-16-8-9-17(2)19(12-16)15-33-26-30-22-10-11-28-13-24(22)31(26)14-23-18(3)32-25(29-23)20-6-4-5-7-21(20)27/h4-13H,14-15H2,1-3H3. The lowest BCUT2D eigenvalue weighted by Gasteiger charge is -2.09. The predicted molar refractivity (Wildman–Crippen MR) is 129 cm³/mol. The summed E-state index contributed by atoms with van der Waals surface area (Å²) in [4.78, 5) is 13.8. The lowest BCUT2D eigenvalue weighted by atomic mass is 10.1. The van der Waals surface area contributed by atoms with Crippen molar-refractivity contribution in [3.63, 3.8) is 0 Å². The quantitative estimate of drug-likeness (QED) is 0.272. The second-order valence-corrected chi connectivity index (χ2v) is 9.01. The van der Waals surface area contributed by atoms with Crippen LogP contribution in [0.15, 0.2) is 70.5 Å². The number of nitrogens with zero attached hydrogens (tertiary/aromatic N) is 4. The number of oxazole rings is 1. The first-order valence-corrected chi connectivity index (χ1v) is 11.7. The van der Waals surface area contributed by atoms with Gasteiger partial charge in [0.1, 0.15) is 17.3 Å². The maximum atomic E-state index is 14.3. The molecule has 0 saturated carbocycles. The first-order chi connectivity index (χ1) is 16.0. The normalized spacial score (nSPS) is 11.4. The van der Waals surface area contributed by atoms with E-state index in [1.165, 1.54) is 22.8 Å². The van der Waals surface area contributed by atoms with E-state index in [-0.39, 0.29) is 11.7 Å². The van der Waals surface area contributed by atoms with Crippen LogP contribution in [0.3, 0.4) is 0 Å². The summed E-state index contributed by atoms with van der Waals surface area (Å²) in [6, 6.07) is 14.9. The van der Waals surface area contributed by atoms with E-state index in [1.807, 2.05) is 19.2 Å². The smallest absolute Gasteiger partial charge is 0.229 e. The summed E-state index contributed by atoms with van der Waals surface area (Å²) in [6.45, 7) is 6.55. The van der Waals surface area contributed by atoms with E-state index >= 15 is 0 Å². The number of imidazole rings is 1. The fraction of sp³-hybridized carbons (Fsp3) is 0.192. The van der Waals surface area contributed by atoms with Crippen molar-refractivity contribution in [2.75, 3.05) is 0 Å². The summed E-state index contributed by atoms with van der Waals surface area (Å²) >= 11 is 1.69. The van der Waals surface area contributed by atoms with Crippen LogP contribution in [0.25, 0.3) is 22.5 Å². The van der Waals surface area contributed by atoms with Crippen LogP contribution >= 0.6 is 11.8 Å². The number of pyridine rings is 1. The Kier molecular flexibility index (Phi) is 5.72. The summed E-state index contributed by atoms with van der Waals surface area (Å²) in [5.41, 5.74) is 6.70. The molecular weight excluding hydrogens is 435 g/mol. The van der Waals surface area contributed by atoms with Crippen molar-refractivity contribution in [2.45, 2.75) is 38.2 Å². The number of aryl methyl sites for hydroxylation is 3. The van der Waals surface area contributed by atoms with E-state index in [0.29, 0.717) is 17.9 Å². The van der Waals surface area contributed by atoms with Crippen LogP contribution in [0.5, 0.6) is 0 Å². The van der Waals surface area contributed by atoms with Gasteiger partial charge in [-0.1, -0.05) is 47.7 Å². The highest BCUT2D eigenvalue weighted by Gasteiger charge is 2.18. The van der Waals surface area contributed by atoms with Crippen molar-refractivity contribution >= 4 is 22.8 Å². The average molecular weight is 459 g/mol. The number of aromatic nitrogens is 4. The average Bonchev–Trinajstić information content (AvgIpc) is 3.35. The van der Waals surface area contributed by atoms with Gasteiger partial charge in [-0.2, -0.15) is 0 Å². The number of halogens is 1. The zero-order valence-corrected chi connectivity index (χ0v) is 19.5. The molecule has 7 heteroatoms. The summed E-state index contributed by atoms with van der Waals surface area (Å²) < 4.78 is 22.2. The molecule has 166 valence electrons. The summed E-state index contributed by atoms with van der Waals surface area (Å²) in [6.07, 6.45) is 3.56. The van der Waals surface area contributed by atoms with E-state index in [0.717, 1.165) is 27.6 Å². The van der Waals surface area contributed by atoms with Crippen molar-refractivity contribution in [3.05, 3.63) is 94.9 Å². The third kappa shape index (κ3) is 4.28. The van der Waals surface area contributed by atoms with E-state index < -0.39 is 0 Å². The Balaban J connectivity index is 1.49. The van der Waals surface area contributed by atoms with Crippen molar-refractivity contribution in [1.82, 2.24) is 19.5 Å². The van der Waals surface area contributed by atoms with E-state index in [2.05, 4.69) is 46.6 Å². The predicted octanol–water partition coefficient (Wildman–Crippen LogP) is 6.49. The molecule has 0 bridgehead atoms. The van der Waals surface area contributed by atoms with Gasteiger partial charge in [-0.05, 0) is 50.1 Å². The zero-order chi connectivity index (χ0) is 22.9. The molecule has 0 saturated heterocycles. The highest BCUT2D eigenvalue weighted by molar-refractivity contribution is 7.98. The number of benzene rings is 2. The molecule has 0 amide bonds. The first kappa shape index (κ1) is 21.4. The minimum Gasteiger partial charge on any atom is -0.441 e. The van der Waals surface area contributed by atoms with Crippen LogP contribution in [0, 0.1) is 26.6 Å². The van der Waals surface area contributed by atoms with Gasteiger partial charge in [0, 0.05) is 11.9 Å². The Morgan fingerprint density at radius 3 is 2.73 bits per heavy atom. The van der Waals surface area contributed by atoms with E-state index in [4.69, 9.17) is 9.40 Å². The molecule has 0 fully saturated rings. The highest BCUT2D eigenvalue weighted by Crippen LogP contribution is 2.30. The third-order valence-corrected chi connectivity index (χ3v) is 6.71. The van der Waals surface area contributed by atoms with Crippen molar-refractivity contribution in [3.8, 4) is 11.5 Å². The van der Waals surface area contributed by atoms with Crippen molar-refractivity contribution < 1.29 is 8.81 Å². The van der Waals surface area contributed by atoms with Crippen LogP contribution in [-0.4, -0.2) is 19.5 Å². The molecule has 0 unspecified atom stereocenters. The lowest BCUT2D eigenvalue weighted by Crippen LogP contribution is -2.04. The lowest BCUT2D eigenvalue weighted by molar-refractivity contribution is 0.530. The second kappa shape index (κ2) is 8.83. The molecule has 0 spiro atoms. The Bertz CT molecular complexity index is 1460. The zero-order valence-electron chi connectivity index (χ0n) is 18.7. The molecule has 2 aromatic carbocycles. The Hall–Kier alpha value is -3.45. The third-order valence-electron chi connectivity index (χ3n) is 5.68. The minimum atomic E-state index is -0.354. The summed E-state index contributed by atoms with van der Waals surface area (Å²) in [5, 5.41) is 0.883. The topological polar surface area (TPSA) is 56.7 Å². The molecule has 0 aliphatic carbocycles. The maximum Gasteiger partial charge on any atom is 0.229 e. The minimum absolute atomic E-state index is 0.285. The van der Waals surface area contributed by atoms with Gasteiger partial charge in [0.2, 0.25) is 5.89 Å². The molecule has 33 heavy (non-hydrogen) atoms. The van der Waals surface area contributed by atoms with Crippen molar-refractivity contribution in [1.29, 1.82) is 0 Å². The second-order valence-electron chi connectivity index (χ2n) is 8.07. The fourth-order valence-electron chi connectivity index (χ4n) is 3.78. The van der Waals surface area contributed by atoms with Gasteiger partial charge in [0.15, 0.2) is 5.16 Å². The van der Waals surface area contributed by atoms with Gasteiger partial charge >= 0.3 is 0 Å². The Morgan fingerprint density at radius 2 is 1.88 bits per heavy atom. The van der Waals surface area contributed by atoms with E-state index in [1.54, 1.807) is 36.2 Å². The van der Waals surface area contributed by atoms with Crippen LogP contribution in [0.1, 0.15) is 28.1 Å². The first-order valence-electron chi connectivity index (χ1n) is 10.7. The molecule has 3 heterocycles. The maximum absolute atomic E-state index is 14.3. The van der Waals surface area contributed by atoms with Crippen molar-refractivity contribution in [2.24, 2.45) is 0 Å². The van der Waals surface area contributed by atoms with Crippen LogP contribution in [0.2, 0.25) is 0 Å². The summed E-state index contributed by atoms with van der Waals surface area (Å²) in [5.74, 6) is 1.40. The number of fused-ring (bicyclic) bond motifs is 1. The molecule has 0 aliphatic rings. The number of hydrogen-bond acceptors (Lipinski definition) is 5. The Morgan fingerprint density at radius 1 is 1.03 bits per heavy atom.